The molecule has 4 rings (SSSR count). The van der Waals surface area contributed by atoms with E-state index in [4.69, 9.17) is 0 Å². The molecule has 0 saturated heterocycles. The molecule has 27 heavy (non-hydrogen) atoms. The van der Waals surface area contributed by atoms with Crippen LogP contribution in [0.3, 0.4) is 0 Å². The van der Waals surface area contributed by atoms with Crippen molar-refractivity contribution in [2.24, 2.45) is 5.41 Å². The van der Waals surface area contributed by atoms with Crippen molar-refractivity contribution in [3.05, 3.63) is 103 Å². The first-order valence-corrected chi connectivity index (χ1v) is 11.7. The first-order valence-electron chi connectivity index (χ1n) is 9.59. The molecule has 0 amide bonds. The molecule has 1 unspecified atom stereocenters. The van der Waals surface area contributed by atoms with Crippen LogP contribution in [0.2, 0.25) is 5.54 Å². The SMILES string of the molecule is CC1(C)CC([O])=CC1[Si](c1ccccc1)(c1ccccc1)c1ccccc1. The fraction of sp³-hybridized carbons (Fsp3) is 0.200. The van der Waals surface area contributed by atoms with E-state index in [1.807, 2.05) is 6.08 Å². The Morgan fingerprint density at radius 3 is 1.37 bits per heavy atom. The molecule has 1 nitrogen and oxygen atoms in total. The lowest BCUT2D eigenvalue weighted by molar-refractivity contribution is 0.253. The monoisotopic (exact) mass is 369 g/mol. The Morgan fingerprint density at radius 2 is 1.07 bits per heavy atom. The molecule has 0 heterocycles. The molecule has 0 N–H and O–H groups in total. The lowest BCUT2D eigenvalue weighted by Crippen LogP contribution is -2.71. The maximum atomic E-state index is 12.6. The Morgan fingerprint density at radius 1 is 0.704 bits per heavy atom. The van der Waals surface area contributed by atoms with E-state index in [1.54, 1.807) is 0 Å². The van der Waals surface area contributed by atoms with Gasteiger partial charge in [0.25, 0.3) is 0 Å². The Balaban J connectivity index is 2.11. The highest BCUT2D eigenvalue weighted by atomic mass is 28.3. The minimum Gasteiger partial charge on any atom is -0.295 e. The van der Waals surface area contributed by atoms with E-state index in [0.29, 0.717) is 6.42 Å². The van der Waals surface area contributed by atoms with Gasteiger partial charge in [-0.15, -0.1) is 0 Å². The molecule has 3 aromatic rings. The summed E-state index contributed by atoms with van der Waals surface area (Å²) >= 11 is 0. The minimum atomic E-state index is -2.44. The summed E-state index contributed by atoms with van der Waals surface area (Å²) in [5.41, 5.74) is 0.148. The normalized spacial score (nSPS) is 18.9. The molecule has 1 radical (unpaired) electrons. The van der Waals surface area contributed by atoms with Crippen molar-refractivity contribution < 1.29 is 5.11 Å². The van der Waals surface area contributed by atoms with Gasteiger partial charge in [0.2, 0.25) is 0 Å². The van der Waals surface area contributed by atoms with Crippen LogP contribution in [-0.2, 0) is 5.11 Å². The van der Waals surface area contributed by atoms with Crippen molar-refractivity contribution in [1.29, 1.82) is 0 Å². The van der Waals surface area contributed by atoms with Crippen molar-refractivity contribution in [3.8, 4) is 0 Å². The first kappa shape index (κ1) is 17.8. The summed E-state index contributed by atoms with van der Waals surface area (Å²) in [4.78, 5) is 0. The molecular weight excluding hydrogens is 344 g/mol. The average molecular weight is 370 g/mol. The first-order chi connectivity index (χ1) is 13.0. The summed E-state index contributed by atoms with van der Waals surface area (Å²) in [6, 6.07) is 32.6. The van der Waals surface area contributed by atoms with Gasteiger partial charge < -0.3 is 0 Å². The van der Waals surface area contributed by atoms with Crippen LogP contribution in [-0.4, -0.2) is 8.07 Å². The fourth-order valence-electron chi connectivity index (χ4n) is 4.88. The molecule has 0 aliphatic heterocycles. The van der Waals surface area contributed by atoms with Gasteiger partial charge in [0, 0.05) is 6.42 Å². The summed E-state index contributed by atoms with van der Waals surface area (Å²) < 4.78 is 0. The molecule has 2 heteroatoms. The predicted molar refractivity (Wildman–Crippen MR) is 115 cm³/mol. The molecule has 0 spiro atoms. The molecule has 1 aliphatic rings. The van der Waals surface area contributed by atoms with E-state index >= 15 is 0 Å². The second-order valence-corrected chi connectivity index (χ2v) is 12.2. The van der Waals surface area contributed by atoms with Crippen molar-refractivity contribution >= 4 is 23.6 Å². The highest BCUT2D eigenvalue weighted by molar-refractivity contribution is 7.12. The topological polar surface area (TPSA) is 19.9 Å². The van der Waals surface area contributed by atoms with Gasteiger partial charge in [-0.2, -0.15) is 0 Å². The third kappa shape index (κ3) is 2.94. The summed E-state index contributed by atoms with van der Waals surface area (Å²) in [6.07, 6.45) is 2.66. The van der Waals surface area contributed by atoms with Crippen LogP contribution >= 0.6 is 0 Å². The molecule has 0 saturated carbocycles. The molecule has 0 aromatic heterocycles. The summed E-state index contributed by atoms with van der Waals surface area (Å²) in [7, 11) is -2.44. The van der Waals surface area contributed by atoms with Gasteiger partial charge in [-0.25, -0.2) is 0 Å². The second-order valence-electron chi connectivity index (χ2n) is 8.18. The van der Waals surface area contributed by atoms with Gasteiger partial charge in [0.1, 0.15) is 0 Å². The van der Waals surface area contributed by atoms with Crippen LogP contribution in [0.1, 0.15) is 20.3 Å². The lowest BCUT2D eigenvalue weighted by atomic mass is 9.90. The number of benzene rings is 3. The van der Waals surface area contributed by atoms with Crippen LogP contribution in [0, 0.1) is 5.41 Å². The maximum Gasteiger partial charge on any atom is 0.155 e. The molecule has 1 aliphatic carbocycles. The average Bonchev–Trinajstić information content (AvgIpc) is 2.98. The quantitative estimate of drug-likeness (QED) is 0.483. The van der Waals surface area contributed by atoms with E-state index in [9.17, 15) is 5.11 Å². The Hall–Kier alpha value is -2.58. The molecule has 1 atom stereocenters. The lowest BCUT2D eigenvalue weighted by Gasteiger charge is -2.44. The molecule has 0 fully saturated rings. The van der Waals surface area contributed by atoms with E-state index in [-0.39, 0.29) is 16.7 Å². The zero-order chi connectivity index (χ0) is 18.9. The van der Waals surface area contributed by atoms with Gasteiger partial charge >= 0.3 is 0 Å². The van der Waals surface area contributed by atoms with E-state index in [0.717, 1.165) is 0 Å². The molecule has 3 aromatic carbocycles. The highest BCUT2D eigenvalue weighted by Gasteiger charge is 2.54. The molecule has 135 valence electrons. The Labute approximate surface area is 163 Å². The van der Waals surface area contributed by atoms with Crippen LogP contribution in [0.15, 0.2) is 103 Å². The van der Waals surface area contributed by atoms with E-state index < -0.39 is 8.07 Å². The van der Waals surface area contributed by atoms with Crippen LogP contribution < -0.4 is 15.6 Å². The highest BCUT2D eigenvalue weighted by Crippen LogP contribution is 2.49. The van der Waals surface area contributed by atoms with Crippen molar-refractivity contribution in [3.63, 3.8) is 0 Å². The van der Waals surface area contributed by atoms with E-state index in [1.165, 1.54) is 15.6 Å². The van der Waals surface area contributed by atoms with E-state index in [2.05, 4.69) is 105 Å². The van der Waals surface area contributed by atoms with Crippen LogP contribution in [0.4, 0.5) is 0 Å². The molecule has 0 bridgehead atoms. The third-order valence-electron chi connectivity index (χ3n) is 5.98. The van der Waals surface area contributed by atoms with Gasteiger partial charge in [-0.3, -0.25) is 5.11 Å². The second kappa shape index (κ2) is 6.86. The minimum absolute atomic E-state index is 0.0647. The van der Waals surface area contributed by atoms with Crippen LogP contribution in [0.25, 0.3) is 0 Å². The summed E-state index contributed by atoms with van der Waals surface area (Å²) in [6.45, 7) is 4.52. The zero-order valence-corrected chi connectivity index (χ0v) is 16.9. The number of allylic oxidation sites excluding steroid dienone is 2. The summed E-state index contributed by atoms with van der Waals surface area (Å²) in [5, 5.41) is 16.7. The Kier molecular flexibility index (Phi) is 4.53. The number of rotatable bonds is 4. The number of hydrogen-bond acceptors (Lipinski definition) is 0. The maximum absolute atomic E-state index is 12.6. The van der Waals surface area contributed by atoms with Gasteiger partial charge in [-0.05, 0) is 32.6 Å². The van der Waals surface area contributed by atoms with Gasteiger partial charge in [0.15, 0.2) is 13.8 Å². The smallest absolute Gasteiger partial charge is 0.155 e. The van der Waals surface area contributed by atoms with Crippen LogP contribution in [0.5, 0.6) is 0 Å². The van der Waals surface area contributed by atoms with Gasteiger partial charge in [0.05, 0.1) is 0 Å². The third-order valence-corrected chi connectivity index (χ3v) is 11.6. The largest absolute Gasteiger partial charge is 0.295 e. The van der Waals surface area contributed by atoms with Crippen molar-refractivity contribution in [2.75, 3.05) is 0 Å². The van der Waals surface area contributed by atoms with Crippen molar-refractivity contribution in [1.82, 2.24) is 0 Å². The predicted octanol–water partition coefficient (Wildman–Crippen LogP) is 4.27. The fourth-order valence-corrected chi connectivity index (χ4v) is 10.8. The van der Waals surface area contributed by atoms with Gasteiger partial charge in [-0.1, -0.05) is 105 Å². The standard InChI is InChI=1S/C25H25OSi/c1-25(2)19-20(26)18-24(25)27(21-12-6-3-7-13-21,22-14-8-4-9-15-22)23-16-10-5-11-17-23/h3-18,24H,19H2,1-2H3. The summed E-state index contributed by atoms with van der Waals surface area (Å²) in [5.74, 6) is 0.282. The van der Waals surface area contributed by atoms with Crippen molar-refractivity contribution in [2.45, 2.75) is 25.8 Å². The molecular formula is C25H25OSi. The Bertz CT molecular complexity index is 833. The zero-order valence-electron chi connectivity index (χ0n) is 15.9. The number of hydrogen-bond donors (Lipinski definition) is 0.